The van der Waals surface area contributed by atoms with Gasteiger partial charge in [0.25, 0.3) is 0 Å². The van der Waals surface area contributed by atoms with Crippen molar-refractivity contribution in [3.05, 3.63) is 28.8 Å². The van der Waals surface area contributed by atoms with Gasteiger partial charge in [0.1, 0.15) is 4.90 Å². The third-order valence-electron chi connectivity index (χ3n) is 4.64. The molecule has 1 aliphatic heterocycles. The summed E-state index contributed by atoms with van der Waals surface area (Å²) < 4.78 is 31.6. The summed E-state index contributed by atoms with van der Waals surface area (Å²) in [5.41, 5.74) is 1.16. The third kappa shape index (κ3) is 3.47. The van der Waals surface area contributed by atoms with Crippen LogP contribution in [0.1, 0.15) is 50.0 Å². The average Bonchev–Trinajstić information content (AvgIpc) is 2.99. The summed E-state index contributed by atoms with van der Waals surface area (Å²) in [4.78, 5) is 0.272. The largest absolute Gasteiger partial charge is 0.274 e. The van der Waals surface area contributed by atoms with Crippen molar-refractivity contribution < 1.29 is 8.42 Å². The van der Waals surface area contributed by atoms with Gasteiger partial charge in [-0.2, -0.15) is 14.5 Å². The monoisotopic (exact) mass is 385 g/mol. The molecule has 2 aromatic heterocycles. The van der Waals surface area contributed by atoms with Gasteiger partial charge in [-0.05, 0) is 26.7 Å². The van der Waals surface area contributed by atoms with E-state index in [0.717, 1.165) is 25.7 Å². The van der Waals surface area contributed by atoms with Crippen molar-refractivity contribution in [1.82, 2.24) is 23.9 Å². The maximum atomic E-state index is 13.4. The summed E-state index contributed by atoms with van der Waals surface area (Å²) in [6.45, 7) is 4.77. The number of rotatable bonds is 4. The molecule has 25 heavy (non-hydrogen) atoms. The van der Waals surface area contributed by atoms with Crippen molar-refractivity contribution in [3.8, 4) is 0 Å². The fourth-order valence-corrected chi connectivity index (χ4v) is 5.52. The van der Waals surface area contributed by atoms with Crippen LogP contribution in [0.2, 0.25) is 5.02 Å². The lowest BCUT2D eigenvalue weighted by atomic mass is 10.1. The van der Waals surface area contributed by atoms with Crippen molar-refractivity contribution in [3.63, 3.8) is 0 Å². The van der Waals surface area contributed by atoms with Crippen molar-refractivity contribution in [2.75, 3.05) is 6.54 Å². The third-order valence-corrected chi connectivity index (χ3v) is 6.94. The molecule has 1 aliphatic rings. The van der Waals surface area contributed by atoms with Crippen LogP contribution >= 0.6 is 11.6 Å². The lowest BCUT2D eigenvalue weighted by Crippen LogP contribution is -2.35. The van der Waals surface area contributed by atoms with Gasteiger partial charge in [0.2, 0.25) is 10.0 Å². The number of aryl methyl sites for hydroxylation is 3. The van der Waals surface area contributed by atoms with Gasteiger partial charge in [0.15, 0.2) is 0 Å². The summed E-state index contributed by atoms with van der Waals surface area (Å²) in [7, 11) is -1.88. The molecule has 0 unspecified atom stereocenters. The molecule has 2 aromatic rings. The van der Waals surface area contributed by atoms with Crippen LogP contribution in [0.15, 0.2) is 17.3 Å². The second-order valence-corrected chi connectivity index (χ2v) is 8.72. The summed E-state index contributed by atoms with van der Waals surface area (Å²) in [5, 5.41) is 9.24. The molecule has 0 aliphatic carbocycles. The van der Waals surface area contributed by atoms with Gasteiger partial charge in [-0.25, -0.2) is 8.42 Å². The molecule has 3 rings (SSSR count). The van der Waals surface area contributed by atoms with E-state index in [1.165, 1.54) is 0 Å². The molecule has 9 heteroatoms. The zero-order valence-corrected chi connectivity index (χ0v) is 16.4. The Labute approximate surface area is 153 Å². The maximum absolute atomic E-state index is 13.4. The Bertz CT molecular complexity index is 858. The first-order chi connectivity index (χ1) is 11.8. The maximum Gasteiger partial charge on any atom is 0.247 e. The smallest absolute Gasteiger partial charge is 0.247 e. The molecule has 3 heterocycles. The van der Waals surface area contributed by atoms with Gasteiger partial charge in [-0.1, -0.05) is 24.4 Å². The molecule has 0 radical (unpaired) electrons. The first-order valence-corrected chi connectivity index (χ1v) is 10.4. The summed E-state index contributed by atoms with van der Waals surface area (Å²) in [6.07, 6.45) is 6.84. The molecule has 1 fully saturated rings. The Kier molecular flexibility index (Phi) is 5.22. The van der Waals surface area contributed by atoms with E-state index in [1.807, 2.05) is 6.92 Å². The van der Waals surface area contributed by atoms with Crippen LogP contribution in [0.25, 0.3) is 0 Å². The van der Waals surface area contributed by atoms with Crippen LogP contribution < -0.4 is 0 Å². The normalized spacial score (nSPS) is 19.9. The molecule has 1 atom stereocenters. The molecule has 0 N–H and O–H groups in total. The number of halogens is 1. The van der Waals surface area contributed by atoms with Crippen LogP contribution in [0.4, 0.5) is 0 Å². The number of sulfonamides is 1. The van der Waals surface area contributed by atoms with Gasteiger partial charge in [-0.3, -0.25) is 9.36 Å². The van der Waals surface area contributed by atoms with E-state index in [1.54, 1.807) is 40.0 Å². The van der Waals surface area contributed by atoms with Crippen LogP contribution in [0.3, 0.4) is 0 Å². The summed E-state index contributed by atoms with van der Waals surface area (Å²) in [5.74, 6) is 0. The Morgan fingerprint density at radius 1 is 1.24 bits per heavy atom. The van der Waals surface area contributed by atoms with Gasteiger partial charge >= 0.3 is 0 Å². The molecule has 138 valence electrons. The minimum absolute atomic E-state index is 0.272. The first kappa shape index (κ1) is 18.4. The van der Waals surface area contributed by atoms with Gasteiger partial charge in [-0.15, -0.1) is 0 Å². The lowest BCUT2D eigenvalue weighted by Gasteiger charge is -2.28. The molecular formula is C16H24ClN5O2S. The molecule has 0 aromatic carbocycles. The molecule has 0 bridgehead atoms. The van der Waals surface area contributed by atoms with Crippen molar-refractivity contribution >= 4 is 21.6 Å². The first-order valence-electron chi connectivity index (χ1n) is 8.59. The standard InChI is InChI=1S/C16H24ClN5O2S/c1-4-21-11-15(12(2)18-21)25(23,24)22-9-7-5-6-8-14(22)16-13(17)10-20(3)19-16/h10-11,14H,4-9H2,1-3H3/t14-/m1/s1. The topological polar surface area (TPSA) is 73.0 Å². The quantitative estimate of drug-likeness (QED) is 0.811. The number of aromatic nitrogens is 4. The molecular weight excluding hydrogens is 362 g/mol. The second-order valence-electron chi connectivity index (χ2n) is 6.45. The number of hydrogen-bond donors (Lipinski definition) is 0. The zero-order chi connectivity index (χ0) is 18.2. The molecule has 0 spiro atoms. The van der Waals surface area contributed by atoms with Crippen molar-refractivity contribution in [2.45, 2.75) is 57.0 Å². The van der Waals surface area contributed by atoms with Gasteiger partial charge in [0, 0.05) is 32.5 Å². The summed E-state index contributed by atoms with van der Waals surface area (Å²) >= 11 is 6.33. The van der Waals surface area contributed by atoms with Gasteiger partial charge in [0.05, 0.1) is 22.5 Å². The van der Waals surface area contributed by atoms with E-state index in [9.17, 15) is 8.42 Å². The Morgan fingerprint density at radius 3 is 2.60 bits per heavy atom. The minimum Gasteiger partial charge on any atom is -0.274 e. The summed E-state index contributed by atoms with van der Waals surface area (Å²) in [6, 6.07) is -0.342. The lowest BCUT2D eigenvalue weighted by molar-refractivity contribution is 0.321. The number of hydrogen-bond acceptors (Lipinski definition) is 4. The van der Waals surface area contributed by atoms with Crippen LogP contribution in [-0.4, -0.2) is 38.8 Å². The minimum atomic E-state index is -3.67. The fourth-order valence-electron chi connectivity index (χ4n) is 3.39. The SMILES string of the molecule is CCn1cc(S(=O)(=O)N2CCCCC[C@@H]2c2nn(C)cc2Cl)c(C)n1. The van der Waals surface area contributed by atoms with E-state index in [2.05, 4.69) is 10.2 Å². The van der Waals surface area contributed by atoms with E-state index >= 15 is 0 Å². The van der Waals surface area contributed by atoms with E-state index in [4.69, 9.17) is 11.6 Å². The second kappa shape index (κ2) is 7.09. The highest BCUT2D eigenvalue weighted by Gasteiger charge is 2.37. The van der Waals surface area contributed by atoms with Crippen LogP contribution in [-0.2, 0) is 23.6 Å². The highest BCUT2D eigenvalue weighted by atomic mass is 35.5. The van der Waals surface area contributed by atoms with Gasteiger partial charge < -0.3 is 0 Å². The Morgan fingerprint density at radius 2 is 2.00 bits per heavy atom. The fraction of sp³-hybridized carbons (Fsp3) is 0.625. The Hall–Kier alpha value is -1.38. The van der Waals surface area contributed by atoms with E-state index in [-0.39, 0.29) is 10.9 Å². The highest BCUT2D eigenvalue weighted by Crippen LogP contribution is 2.37. The highest BCUT2D eigenvalue weighted by molar-refractivity contribution is 7.89. The zero-order valence-electron chi connectivity index (χ0n) is 14.8. The van der Waals surface area contributed by atoms with Crippen molar-refractivity contribution in [2.24, 2.45) is 7.05 Å². The average molecular weight is 386 g/mol. The molecule has 7 nitrogen and oxygen atoms in total. The molecule has 0 saturated carbocycles. The predicted molar refractivity (Wildman–Crippen MR) is 96.0 cm³/mol. The predicted octanol–water partition coefficient (Wildman–Crippen LogP) is 2.90. The van der Waals surface area contributed by atoms with E-state index in [0.29, 0.717) is 29.5 Å². The van der Waals surface area contributed by atoms with Crippen LogP contribution in [0, 0.1) is 6.92 Å². The van der Waals surface area contributed by atoms with Crippen molar-refractivity contribution in [1.29, 1.82) is 0 Å². The van der Waals surface area contributed by atoms with E-state index < -0.39 is 10.0 Å². The molecule has 0 amide bonds. The molecule has 1 saturated heterocycles. The van der Waals surface area contributed by atoms with Crippen LogP contribution in [0.5, 0.6) is 0 Å². The number of nitrogens with zero attached hydrogens (tertiary/aromatic N) is 5. The Balaban J connectivity index is 2.06.